The molecule has 2 rings (SSSR count). The zero-order valence-corrected chi connectivity index (χ0v) is 8.87. The molecule has 5 nitrogen and oxygen atoms in total. The topological polar surface area (TPSA) is 76.7 Å². The Bertz CT molecular complexity index is 413. The van der Waals surface area contributed by atoms with Crippen LogP contribution in [-0.4, -0.2) is 15.2 Å². The minimum Gasteiger partial charge on any atom is -0.354 e. The number of hydrogen-bond donors (Lipinski definition) is 2. The number of hydrogen-bond acceptors (Lipinski definition) is 6. The van der Waals surface area contributed by atoms with Gasteiger partial charge < -0.3 is 11.1 Å². The summed E-state index contributed by atoms with van der Waals surface area (Å²) in [5.74, 6) is 0. The molecule has 0 bridgehead atoms. The predicted octanol–water partition coefficient (Wildman–Crippen LogP) is 1.00. The van der Waals surface area contributed by atoms with E-state index in [9.17, 15) is 0 Å². The van der Waals surface area contributed by atoms with Crippen molar-refractivity contribution in [2.24, 2.45) is 5.73 Å². The van der Waals surface area contributed by atoms with E-state index >= 15 is 0 Å². The van der Waals surface area contributed by atoms with Gasteiger partial charge in [0, 0.05) is 12.7 Å². The largest absolute Gasteiger partial charge is 0.354 e. The van der Waals surface area contributed by atoms with Gasteiger partial charge in [0.2, 0.25) is 5.13 Å². The molecule has 6 heteroatoms. The lowest BCUT2D eigenvalue weighted by Gasteiger charge is -1.99. The zero-order valence-electron chi connectivity index (χ0n) is 8.05. The van der Waals surface area contributed by atoms with Gasteiger partial charge in [-0.15, -0.1) is 10.2 Å². The standard InChI is InChI=1S/C9H11N5S/c10-5-8-13-14-9(15-8)12-6-7-3-1-2-4-11-7/h1-4H,5-6,10H2,(H,12,14). The second-order valence-electron chi connectivity index (χ2n) is 2.88. The zero-order chi connectivity index (χ0) is 10.5. The summed E-state index contributed by atoms with van der Waals surface area (Å²) in [7, 11) is 0. The van der Waals surface area contributed by atoms with Crippen LogP contribution in [0.25, 0.3) is 0 Å². The number of nitrogens with zero attached hydrogens (tertiary/aromatic N) is 3. The molecule has 0 aliphatic rings. The third-order valence-electron chi connectivity index (χ3n) is 1.79. The molecular weight excluding hydrogens is 210 g/mol. The van der Waals surface area contributed by atoms with Gasteiger partial charge in [0.1, 0.15) is 5.01 Å². The van der Waals surface area contributed by atoms with Gasteiger partial charge in [-0.1, -0.05) is 17.4 Å². The molecule has 0 unspecified atom stereocenters. The minimum atomic E-state index is 0.433. The highest BCUT2D eigenvalue weighted by Crippen LogP contribution is 2.14. The number of pyridine rings is 1. The Morgan fingerprint density at radius 1 is 1.33 bits per heavy atom. The van der Waals surface area contributed by atoms with Crippen LogP contribution in [0.1, 0.15) is 10.7 Å². The van der Waals surface area contributed by atoms with Crippen molar-refractivity contribution in [1.82, 2.24) is 15.2 Å². The van der Waals surface area contributed by atoms with Crippen LogP contribution in [0.15, 0.2) is 24.4 Å². The van der Waals surface area contributed by atoms with Crippen molar-refractivity contribution in [2.45, 2.75) is 13.1 Å². The molecule has 0 saturated heterocycles. The molecule has 0 aromatic carbocycles. The van der Waals surface area contributed by atoms with Crippen LogP contribution in [0, 0.1) is 0 Å². The molecule has 78 valence electrons. The summed E-state index contributed by atoms with van der Waals surface area (Å²) in [4.78, 5) is 4.19. The third-order valence-corrected chi connectivity index (χ3v) is 2.69. The van der Waals surface area contributed by atoms with Crippen molar-refractivity contribution in [2.75, 3.05) is 5.32 Å². The van der Waals surface area contributed by atoms with E-state index in [2.05, 4.69) is 20.5 Å². The first-order valence-corrected chi connectivity index (χ1v) is 5.36. The van der Waals surface area contributed by atoms with Crippen LogP contribution in [0.5, 0.6) is 0 Å². The predicted molar refractivity (Wildman–Crippen MR) is 59.4 cm³/mol. The fourth-order valence-corrected chi connectivity index (χ4v) is 1.69. The van der Waals surface area contributed by atoms with Crippen molar-refractivity contribution < 1.29 is 0 Å². The van der Waals surface area contributed by atoms with E-state index in [1.165, 1.54) is 11.3 Å². The maximum absolute atomic E-state index is 5.44. The van der Waals surface area contributed by atoms with Crippen molar-refractivity contribution in [3.05, 3.63) is 35.1 Å². The molecule has 0 aliphatic carbocycles. The lowest BCUT2D eigenvalue weighted by molar-refractivity contribution is 0.948. The van der Waals surface area contributed by atoms with Gasteiger partial charge in [0.25, 0.3) is 0 Å². The van der Waals surface area contributed by atoms with Gasteiger partial charge >= 0.3 is 0 Å². The van der Waals surface area contributed by atoms with Gasteiger partial charge in [-0.2, -0.15) is 0 Å². The van der Waals surface area contributed by atoms with Crippen LogP contribution < -0.4 is 11.1 Å². The first-order valence-electron chi connectivity index (χ1n) is 4.54. The first kappa shape index (κ1) is 10.0. The molecule has 0 radical (unpaired) electrons. The summed E-state index contributed by atoms with van der Waals surface area (Å²) in [5, 5.41) is 12.6. The van der Waals surface area contributed by atoms with Crippen LogP contribution in [-0.2, 0) is 13.1 Å². The lowest BCUT2D eigenvalue weighted by Crippen LogP contribution is -2.00. The van der Waals surface area contributed by atoms with Gasteiger partial charge in [-0.25, -0.2) is 0 Å². The Labute approximate surface area is 91.4 Å². The van der Waals surface area contributed by atoms with E-state index in [-0.39, 0.29) is 0 Å². The molecule has 2 aromatic heterocycles. The SMILES string of the molecule is NCc1nnc(NCc2ccccn2)s1. The third kappa shape index (κ3) is 2.71. The fraction of sp³-hybridized carbons (Fsp3) is 0.222. The second kappa shape index (κ2) is 4.81. The fourth-order valence-electron chi connectivity index (χ4n) is 1.08. The monoisotopic (exact) mass is 221 g/mol. The molecule has 0 atom stereocenters. The van der Waals surface area contributed by atoms with Crippen LogP contribution in [0.4, 0.5) is 5.13 Å². The highest BCUT2D eigenvalue weighted by atomic mass is 32.1. The highest BCUT2D eigenvalue weighted by Gasteiger charge is 2.01. The van der Waals surface area contributed by atoms with Gasteiger partial charge in [0.15, 0.2) is 0 Å². The number of nitrogens with one attached hydrogen (secondary N) is 1. The van der Waals surface area contributed by atoms with Gasteiger partial charge in [0.05, 0.1) is 12.2 Å². The molecule has 15 heavy (non-hydrogen) atoms. The minimum absolute atomic E-state index is 0.433. The molecule has 0 saturated carbocycles. The van der Waals surface area contributed by atoms with E-state index in [1.807, 2.05) is 18.2 Å². The van der Waals surface area contributed by atoms with E-state index in [0.717, 1.165) is 15.8 Å². The number of rotatable bonds is 4. The van der Waals surface area contributed by atoms with Crippen LogP contribution in [0.3, 0.4) is 0 Å². The summed E-state index contributed by atoms with van der Waals surface area (Å²) in [6, 6.07) is 5.80. The molecule has 3 N–H and O–H groups in total. The van der Waals surface area contributed by atoms with E-state index in [1.54, 1.807) is 6.20 Å². The van der Waals surface area contributed by atoms with Gasteiger partial charge in [-0.05, 0) is 12.1 Å². The van der Waals surface area contributed by atoms with Crippen molar-refractivity contribution in [3.63, 3.8) is 0 Å². The Balaban J connectivity index is 1.93. The second-order valence-corrected chi connectivity index (χ2v) is 3.94. The summed E-state index contributed by atoms with van der Waals surface area (Å²) in [6.45, 7) is 1.09. The maximum Gasteiger partial charge on any atom is 0.206 e. The summed E-state index contributed by atoms with van der Waals surface area (Å²) in [5.41, 5.74) is 6.41. The molecule has 0 amide bonds. The smallest absolute Gasteiger partial charge is 0.206 e. The average molecular weight is 221 g/mol. The first-order chi connectivity index (χ1) is 7.38. The molecular formula is C9H11N5S. The average Bonchev–Trinajstić information content (AvgIpc) is 2.76. The molecule has 2 heterocycles. The van der Waals surface area contributed by atoms with Crippen molar-refractivity contribution in [3.8, 4) is 0 Å². The van der Waals surface area contributed by atoms with Crippen molar-refractivity contribution in [1.29, 1.82) is 0 Å². The molecule has 0 aliphatic heterocycles. The van der Waals surface area contributed by atoms with Crippen LogP contribution >= 0.6 is 11.3 Å². The number of aromatic nitrogens is 3. The lowest BCUT2D eigenvalue weighted by atomic mass is 10.3. The van der Waals surface area contributed by atoms with E-state index in [4.69, 9.17) is 5.73 Å². The molecule has 0 fully saturated rings. The van der Waals surface area contributed by atoms with E-state index in [0.29, 0.717) is 13.1 Å². The molecule has 0 spiro atoms. The summed E-state index contributed by atoms with van der Waals surface area (Å²) >= 11 is 1.47. The Kier molecular flexibility index (Phi) is 3.21. The maximum atomic E-state index is 5.44. The Morgan fingerprint density at radius 2 is 2.27 bits per heavy atom. The van der Waals surface area contributed by atoms with E-state index < -0.39 is 0 Å². The summed E-state index contributed by atoms with van der Waals surface area (Å²) in [6.07, 6.45) is 1.77. The normalized spacial score (nSPS) is 10.2. The Morgan fingerprint density at radius 3 is 2.93 bits per heavy atom. The number of nitrogens with two attached hydrogens (primary N) is 1. The van der Waals surface area contributed by atoms with Crippen LogP contribution in [0.2, 0.25) is 0 Å². The summed E-state index contributed by atoms with van der Waals surface area (Å²) < 4.78 is 0. The molecule has 2 aromatic rings. The Hall–Kier alpha value is -1.53. The quantitative estimate of drug-likeness (QED) is 0.805. The van der Waals surface area contributed by atoms with Gasteiger partial charge in [-0.3, -0.25) is 4.98 Å². The van der Waals surface area contributed by atoms with Crippen molar-refractivity contribution >= 4 is 16.5 Å². The number of anilines is 1. The highest BCUT2D eigenvalue weighted by molar-refractivity contribution is 7.15.